The van der Waals surface area contributed by atoms with E-state index in [1.807, 2.05) is 12.1 Å². The van der Waals surface area contributed by atoms with Gasteiger partial charge < -0.3 is 9.26 Å². The molecule has 2 heterocycles. The Morgan fingerprint density at radius 2 is 2.18 bits per heavy atom. The lowest BCUT2D eigenvalue weighted by atomic mass is 10.0. The SMILES string of the molecule is COc1ccc(C2OP(Cl)N3CCCC23)cc1. The topological polar surface area (TPSA) is 21.7 Å². The minimum Gasteiger partial charge on any atom is -0.497 e. The first-order chi connectivity index (χ1) is 8.29. The maximum absolute atomic E-state index is 6.26. The van der Waals surface area contributed by atoms with E-state index in [1.165, 1.54) is 18.4 Å². The summed E-state index contributed by atoms with van der Waals surface area (Å²) >= 11 is 6.26. The molecule has 0 saturated carbocycles. The average Bonchev–Trinajstić information content (AvgIpc) is 2.94. The molecular weight excluding hydrogens is 257 g/mol. The Bertz CT molecular complexity index is 400. The molecule has 5 heteroatoms. The molecule has 0 radical (unpaired) electrons. The molecular formula is C12H15ClNO2P. The minimum atomic E-state index is -0.905. The van der Waals surface area contributed by atoms with Crippen LogP contribution in [0, 0.1) is 0 Å². The van der Waals surface area contributed by atoms with Crippen molar-refractivity contribution in [3.8, 4) is 5.75 Å². The smallest absolute Gasteiger partial charge is 0.207 e. The summed E-state index contributed by atoms with van der Waals surface area (Å²) < 4.78 is 13.4. The number of methoxy groups -OCH3 is 1. The Labute approximate surface area is 107 Å². The standard InChI is InChI=1S/C12H15ClNO2P/c1-15-10-6-4-9(5-7-10)12-11-3-2-8-14(11)17(13)16-12/h4-7,11-12H,2-3,8H2,1H3. The van der Waals surface area contributed by atoms with Crippen LogP contribution in [-0.4, -0.2) is 24.4 Å². The first kappa shape index (κ1) is 11.7. The second-order valence-corrected chi connectivity index (χ2v) is 6.44. The fraction of sp³-hybridized carbons (Fsp3) is 0.500. The Balaban J connectivity index is 1.83. The van der Waals surface area contributed by atoms with Crippen LogP contribution in [0.3, 0.4) is 0 Å². The van der Waals surface area contributed by atoms with Gasteiger partial charge in [0.25, 0.3) is 0 Å². The molecule has 2 aliphatic rings. The largest absolute Gasteiger partial charge is 0.497 e. The fourth-order valence-corrected chi connectivity index (χ4v) is 4.74. The summed E-state index contributed by atoms with van der Waals surface area (Å²) in [5.74, 6) is 0.878. The van der Waals surface area contributed by atoms with Gasteiger partial charge in [0.15, 0.2) is 0 Å². The number of hydrogen-bond acceptors (Lipinski definition) is 3. The van der Waals surface area contributed by atoms with E-state index in [9.17, 15) is 0 Å². The van der Waals surface area contributed by atoms with Crippen molar-refractivity contribution in [3.05, 3.63) is 29.8 Å². The average molecular weight is 272 g/mol. The van der Waals surface area contributed by atoms with Crippen molar-refractivity contribution in [2.45, 2.75) is 25.0 Å². The van der Waals surface area contributed by atoms with Gasteiger partial charge in [-0.05, 0) is 41.8 Å². The second kappa shape index (κ2) is 4.74. The summed E-state index contributed by atoms with van der Waals surface area (Å²) in [6, 6.07) is 8.57. The van der Waals surface area contributed by atoms with Crippen LogP contribution in [0.2, 0.25) is 0 Å². The van der Waals surface area contributed by atoms with Crippen molar-refractivity contribution in [1.29, 1.82) is 0 Å². The highest BCUT2D eigenvalue weighted by Gasteiger charge is 2.45. The van der Waals surface area contributed by atoms with Crippen LogP contribution in [-0.2, 0) is 4.52 Å². The third-order valence-corrected chi connectivity index (χ3v) is 5.59. The molecule has 0 aromatic heterocycles. The third kappa shape index (κ3) is 2.06. The molecule has 0 bridgehead atoms. The van der Waals surface area contributed by atoms with Crippen LogP contribution >= 0.6 is 18.9 Å². The van der Waals surface area contributed by atoms with E-state index in [-0.39, 0.29) is 6.10 Å². The van der Waals surface area contributed by atoms with Crippen molar-refractivity contribution < 1.29 is 9.26 Å². The molecule has 17 heavy (non-hydrogen) atoms. The molecule has 0 aliphatic carbocycles. The molecule has 1 aromatic carbocycles. The van der Waals surface area contributed by atoms with Gasteiger partial charge in [0.2, 0.25) is 7.65 Å². The van der Waals surface area contributed by atoms with Crippen molar-refractivity contribution in [2.24, 2.45) is 0 Å². The van der Waals surface area contributed by atoms with E-state index in [4.69, 9.17) is 20.5 Å². The summed E-state index contributed by atoms with van der Waals surface area (Å²) in [6.45, 7) is 1.08. The molecule has 92 valence electrons. The quantitative estimate of drug-likeness (QED) is 0.766. The summed E-state index contributed by atoms with van der Waals surface area (Å²) in [6.07, 6.45) is 2.54. The number of rotatable bonds is 2. The number of benzene rings is 1. The predicted molar refractivity (Wildman–Crippen MR) is 69.3 cm³/mol. The van der Waals surface area contributed by atoms with Crippen LogP contribution in [0.5, 0.6) is 5.75 Å². The van der Waals surface area contributed by atoms with Crippen LogP contribution in [0.15, 0.2) is 24.3 Å². The maximum atomic E-state index is 6.26. The highest BCUT2D eigenvalue weighted by atomic mass is 35.7. The molecule has 2 fully saturated rings. The number of fused-ring (bicyclic) bond motifs is 1. The lowest BCUT2D eigenvalue weighted by Crippen LogP contribution is -2.21. The normalized spacial score (nSPS) is 32.7. The van der Waals surface area contributed by atoms with Gasteiger partial charge in [-0.3, -0.25) is 0 Å². The van der Waals surface area contributed by atoms with Gasteiger partial charge in [-0.2, -0.15) is 0 Å². The zero-order chi connectivity index (χ0) is 11.8. The first-order valence-corrected chi connectivity index (χ1v) is 7.94. The predicted octanol–water partition coefficient (Wildman–Crippen LogP) is 3.70. The maximum Gasteiger partial charge on any atom is 0.207 e. The summed E-state index contributed by atoms with van der Waals surface area (Å²) in [4.78, 5) is 0. The second-order valence-electron chi connectivity index (χ2n) is 4.40. The zero-order valence-electron chi connectivity index (χ0n) is 9.67. The van der Waals surface area contributed by atoms with E-state index in [0.717, 1.165) is 12.3 Å². The monoisotopic (exact) mass is 271 g/mol. The molecule has 0 spiro atoms. The molecule has 2 saturated heterocycles. The molecule has 3 atom stereocenters. The van der Waals surface area contributed by atoms with Crippen LogP contribution in [0.25, 0.3) is 0 Å². The summed E-state index contributed by atoms with van der Waals surface area (Å²) in [5, 5.41) is 0. The lowest BCUT2D eigenvalue weighted by Gasteiger charge is -2.17. The Kier molecular flexibility index (Phi) is 3.27. The van der Waals surface area contributed by atoms with Gasteiger partial charge in [-0.15, -0.1) is 0 Å². The van der Waals surface area contributed by atoms with Gasteiger partial charge in [0, 0.05) is 12.6 Å². The molecule has 3 nitrogen and oxygen atoms in total. The first-order valence-electron chi connectivity index (χ1n) is 5.83. The summed E-state index contributed by atoms with van der Waals surface area (Å²) in [7, 11) is 0.773. The number of ether oxygens (including phenoxy) is 1. The third-order valence-electron chi connectivity index (χ3n) is 3.47. The molecule has 1 aromatic rings. The Morgan fingerprint density at radius 1 is 1.41 bits per heavy atom. The van der Waals surface area contributed by atoms with Crippen LogP contribution < -0.4 is 4.74 Å². The van der Waals surface area contributed by atoms with Gasteiger partial charge in [-0.1, -0.05) is 12.1 Å². The van der Waals surface area contributed by atoms with Crippen molar-refractivity contribution >= 4 is 18.9 Å². The van der Waals surface area contributed by atoms with Gasteiger partial charge >= 0.3 is 0 Å². The molecule has 3 unspecified atom stereocenters. The number of halogens is 1. The van der Waals surface area contributed by atoms with Crippen LogP contribution in [0.1, 0.15) is 24.5 Å². The van der Waals surface area contributed by atoms with E-state index in [2.05, 4.69) is 16.8 Å². The zero-order valence-corrected chi connectivity index (χ0v) is 11.3. The van der Waals surface area contributed by atoms with Gasteiger partial charge in [-0.25, -0.2) is 4.67 Å². The highest BCUT2D eigenvalue weighted by molar-refractivity contribution is 7.78. The lowest BCUT2D eigenvalue weighted by molar-refractivity contribution is 0.215. The minimum absolute atomic E-state index is 0.131. The van der Waals surface area contributed by atoms with E-state index in [0.29, 0.717) is 6.04 Å². The molecule has 0 N–H and O–H groups in total. The van der Waals surface area contributed by atoms with E-state index >= 15 is 0 Å². The fourth-order valence-electron chi connectivity index (χ4n) is 2.58. The number of hydrogen-bond donors (Lipinski definition) is 0. The Morgan fingerprint density at radius 3 is 2.88 bits per heavy atom. The van der Waals surface area contributed by atoms with Gasteiger partial charge in [0.1, 0.15) is 11.9 Å². The highest BCUT2D eigenvalue weighted by Crippen LogP contribution is 2.62. The van der Waals surface area contributed by atoms with Crippen LogP contribution in [0.4, 0.5) is 0 Å². The van der Waals surface area contributed by atoms with Crippen molar-refractivity contribution in [1.82, 2.24) is 4.67 Å². The van der Waals surface area contributed by atoms with Crippen molar-refractivity contribution in [2.75, 3.05) is 13.7 Å². The number of nitrogens with zero attached hydrogens (tertiary/aromatic N) is 1. The van der Waals surface area contributed by atoms with Crippen molar-refractivity contribution in [3.63, 3.8) is 0 Å². The molecule has 0 amide bonds. The Hall–Kier alpha value is -0.340. The summed E-state index contributed by atoms with van der Waals surface area (Å²) in [5.41, 5.74) is 1.20. The van der Waals surface area contributed by atoms with E-state index in [1.54, 1.807) is 7.11 Å². The van der Waals surface area contributed by atoms with E-state index < -0.39 is 7.65 Å². The molecule has 3 rings (SSSR count). The van der Waals surface area contributed by atoms with Gasteiger partial charge in [0.05, 0.1) is 7.11 Å². The molecule has 2 aliphatic heterocycles.